The first-order chi connectivity index (χ1) is 14.3. The summed E-state index contributed by atoms with van der Waals surface area (Å²) in [5.41, 5.74) is 2.60. The average molecular weight is 420 g/mol. The van der Waals surface area contributed by atoms with Crippen LogP contribution in [0.25, 0.3) is 0 Å². The van der Waals surface area contributed by atoms with Crippen LogP contribution < -0.4 is 5.26 Å². The molecule has 0 aromatic carbocycles. The molecular formula is C27H47O3-. The Kier molecular flexibility index (Phi) is 7.79. The van der Waals surface area contributed by atoms with Gasteiger partial charge in [0.1, 0.15) is 0 Å². The van der Waals surface area contributed by atoms with Gasteiger partial charge in [-0.2, -0.15) is 0 Å². The van der Waals surface area contributed by atoms with Gasteiger partial charge in [0.25, 0.3) is 0 Å². The van der Waals surface area contributed by atoms with E-state index < -0.39 is 0 Å². The quantitative estimate of drug-likeness (QED) is 0.316. The molecule has 0 heterocycles. The maximum absolute atomic E-state index is 10.2. The Balaban J connectivity index is 0.00000124. The molecule has 0 amide bonds. The molecule has 4 aliphatic carbocycles. The number of aliphatic hydroxyl groups excluding tert-OH is 1. The van der Waals surface area contributed by atoms with E-state index in [9.17, 15) is 5.11 Å². The van der Waals surface area contributed by atoms with Crippen molar-refractivity contribution in [3.63, 3.8) is 0 Å². The normalized spacial score (nSPS) is 43.6. The fourth-order valence-electron chi connectivity index (χ4n) is 8.67. The van der Waals surface area contributed by atoms with E-state index in [0.29, 0.717) is 10.8 Å². The highest BCUT2D eigenvalue weighted by Crippen LogP contribution is 2.67. The van der Waals surface area contributed by atoms with E-state index in [-0.39, 0.29) is 6.10 Å². The van der Waals surface area contributed by atoms with Gasteiger partial charge in [0.05, 0.1) is 6.10 Å². The SMILES string of the molecule is CC(C)CCC[C@@H](C)[C@H]1CC[C@H]2[C@@H]3CC=C4C[C@@H](O)CC[C@]4(C)[C@H]3CC[C@]12C.[O-]O. The highest BCUT2D eigenvalue weighted by Gasteiger charge is 2.59. The van der Waals surface area contributed by atoms with Crippen molar-refractivity contribution >= 4 is 0 Å². The molecule has 0 aliphatic heterocycles. The number of allylic oxidation sites excluding steroid dienone is 1. The Hall–Kier alpha value is -0.380. The molecular weight excluding hydrogens is 372 g/mol. The molecule has 8 atom stereocenters. The molecule has 4 aliphatic rings. The largest absolute Gasteiger partial charge is 0.727 e. The molecule has 0 aromatic rings. The van der Waals surface area contributed by atoms with E-state index in [1.807, 2.05) is 0 Å². The molecule has 0 aromatic heterocycles. The Labute approximate surface area is 185 Å². The lowest BCUT2D eigenvalue weighted by Crippen LogP contribution is -2.50. The van der Waals surface area contributed by atoms with E-state index >= 15 is 0 Å². The van der Waals surface area contributed by atoms with Gasteiger partial charge in [-0.1, -0.05) is 65.5 Å². The molecule has 0 bridgehead atoms. The fraction of sp³-hybridized carbons (Fsp3) is 0.926. The predicted molar refractivity (Wildman–Crippen MR) is 122 cm³/mol. The lowest BCUT2D eigenvalue weighted by molar-refractivity contribution is -0.670. The van der Waals surface area contributed by atoms with Gasteiger partial charge in [-0.25, -0.2) is 0 Å². The van der Waals surface area contributed by atoms with Gasteiger partial charge in [-0.3, -0.25) is 0 Å². The molecule has 2 N–H and O–H groups in total. The van der Waals surface area contributed by atoms with Gasteiger partial charge in [0.15, 0.2) is 0 Å². The Morgan fingerprint density at radius 1 is 1.00 bits per heavy atom. The van der Waals surface area contributed by atoms with Crippen molar-refractivity contribution in [1.29, 1.82) is 0 Å². The van der Waals surface area contributed by atoms with E-state index in [4.69, 9.17) is 10.5 Å². The molecule has 30 heavy (non-hydrogen) atoms. The lowest BCUT2D eigenvalue weighted by atomic mass is 9.47. The van der Waals surface area contributed by atoms with Crippen molar-refractivity contribution in [1.82, 2.24) is 0 Å². The van der Waals surface area contributed by atoms with Gasteiger partial charge < -0.3 is 15.6 Å². The zero-order valence-corrected chi connectivity index (χ0v) is 20.2. The van der Waals surface area contributed by atoms with Gasteiger partial charge in [0.2, 0.25) is 0 Å². The Morgan fingerprint density at radius 3 is 2.43 bits per heavy atom. The summed E-state index contributed by atoms with van der Waals surface area (Å²) in [4.78, 5) is 0. The van der Waals surface area contributed by atoms with Crippen molar-refractivity contribution in [2.45, 2.75) is 111 Å². The zero-order chi connectivity index (χ0) is 22.1. The highest BCUT2D eigenvalue weighted by atomic mass is 17.0. The van der Waals surface area contributed by atoms with Gasteiger partial charge >= 0.3 is 0 Å². The summed E-state index contributed by atoms with van der Waals surface area (Å²) in [6.45, 7) is 12.6. The molecule has 3 heteroatoms. The van der Waals surface area contributed by atoms with Crippen molar-refractivity contribution in [2.75, 3.05) is 0 Å². The average Bonchev–Trinajstić information content (AvgIpc) is 3.07. The lowest BCUT2D eigenvalue weighted by Gasteiger charge is -2.58. The topological polar surface area (TPSA) is 63.5 Å². The van der Waals surface area contributed by atoms with Crippen molar-refractivity contribution in [3.8, 4) is 0 Å². The molecule has 174 valence electrons. The van der Waals surface area contributed by atoms with Crippen LogP contribution in [0, 0.1) is 46.3 Å². The first-order valence-electron chi connectivity index (χ1n) is 12.8. The van der Waals surface area contributed by atoms with Crippen LogP contribution >= 0.6 is 0 Å². The van der Waals surface area contributed by atoms with Gasteiger partial charge in [-0.15, -0.1) is 0 Å². The first kappa shape index (κ1) is 24.3. The summed E-state index contributed by atoms with van der Waals surface area (Å²) in [7, 11) is 0. The van der Waals surface area contributed by atoms with Crippen LogP contribution in [0.4, 0.5) is 0 Å². The number of hydrogen-bond donors (Lipinski definition) is 2. The summed E-state index contributed by atoms with van der Waals surface area (Å²) < 4.78 is 0. The smallest absolute Gasteiger partial charge is 0.0577 e. The van der Waals surface area contributed by atoms with Crippen molar-refractivity contribution < 1.29 is 15.6 Å². The standard InChI is InChI=1S/C27H46O.H2O2/c1-18(2)7-6-8-19(3)23-11-12-24-22-10-9-20-17-21(28)13-15-26(20,4)25(22)14-16-27(23,24)5;1-2/h9,18-19,21-25,28H,6-8,10-17H2,1-5H3;1-2H/p-1/t19-,21+,22+,23-,24+,25+,26+,27-;/m1./s1. The molecule has 3 fully saturated rings. The Bertz CT molecular complexity index is 599. The van der Waals surface area contributed by atoms with Crippen LogP contribution in [-0.2, 0) is 0 Å². The van der Waals surface area contributed by atoms with E-state index in [1.54, 1.807) is 5.57 Å². The van der Waals surface area contributed by atoms with Crippen molar-refractivity contribution in [3.05, 3.63) is 11.6 Å². The van der Waals surface area contributed by atoms with E-state index in [0.717, 1.165) is 48.3 Å². The van der Waals surface area contributed by atoms with Gasteiger partial charge in [0, 0.05) is 0 Å². The number of rotatable bonds is 5. The predicted octanol–water partition coefficient (Wildman–Crippen LogP) is 6.21. The fourth-order valence-corrected chi connectivity index (χ4v) is 8.67. The van der Waals surface area contributed by atoms with Crippen LogP contribution in [0.5, 0.6) is 0 Å². The zero-order valence-electron chi connectivity index (χ0n) is 20.2. The summed E-state index contributed by atoms with van der Waals surface area (Å²) in [5, 5.41) is 23.2. The minimum atomic E-state index is -0.0766. The molecule has 0 radical (unpaired) electrons. The number of aliphatic hydroxyl groups is 1. The second-order valence-corrected chi connectivity index (χ2v) is 12.2. The summed E-state index contributed by atoms with van der Waals surface area (Å²) in [6, 6.07) is 0. The minimum absolute atomic E-state index is 0.0766. The first-order valence-corrected chi connectivity index (χ1v) is 12.8. The number of fused-ring (bicyclic) bond motifs is 5. The molecule has 0 saturated heterocycles. The van der Waals surface area contributed by atoms with Crippen molar-refractivity contribution in [2.24, 2.45) is 46.3 Å². The molecule has 0 spiro atoms. The summed E-state index contributed by atoms with van der Waals surface area (Å²) >= 11 is 0. The summed E-state index contributed by atoms with van der Waals surface area (Å²) in [6.07, 6.45) is 17.2. The monoisotopic (exact) mass is 419 g/mol. The Morgan fingerprint density at radius 2 is 1.73 bits per heavy atom. The maximum Gasteiger partial charge on any atom is 0.0577 e. The molecule has 3 nitrogen and oxygen atoms in total. The van der Waals surface area contributed by atoms with Crippen LogP contribution in [0.2, 0.25) is 0 Å². The van der Waals surface area contributed by atoms with E-state index in [2.05, 4.69) is 40.7 Å². The minimum Gasteiger partial charge on any atom is -0.727 e. The molecule has 0 unspecified atom stereocenters. The highest BCUT2D eigenvalue weighted by molar-refractivity contribution is 5.25. The van der Waals surface area contributed by atoms with E-state index in [1.165, 1.54) is 57.8 Å². The van der Waals surface area contributed by atoms with Crippen LogP contribution in [0.3, 0.4) is 0 Å². The third-order valence-electron chi connectivity index (χ3n) is 10.3. The molecule has 3 saturated carbocycles. The second kappa shape index (κ2) is 9.63. The van der Waals surface area contributed by atoms with Crippen LogP contribution in [0.15, 0.2) is 11.6 Å². The third-order valence-corrected chi connectivity index (χ3v) is 10.3. The third kappa shape index (κ3) is 4.28. The molecule has 4 rings (SSSR count). The number of hydrogen-bond acceptors (Lipinski definition) is 3. The van der Waals surface area contributed by atoms with Crippen LogP contribution in [0.1, 0.15) is 105 Å². The maximum atomic E-state index is 10.2. The van der Waals surface area contributed by atoms with Crippen LogP contribution in [-0.4, -0.2) is 16.5 Å². The van der Waals surface area contributed by atoms with Gasteiger partial charge in [-0.05, 0) is 97.7 Å². The summed E-state index contributed by atoms with van der Waals surface area (Å²) in [5.74, 6) is 5.46. The second-order valence-electron chi connectivity index (χ2n) is 12.2.